The number of likely N-dealkylation sites (N-methyl/N-ethyl adjacent to an activating group) is 1. The molecular formula is C23H27N3O5S. The summed E-state index contributed by atoms with van der Waals surface area (Å²) in [4.78, 5) is 22.4. The third kappa shape index (κ3) is 4.44. The molecule has 0 saturated heterocycles. The molecule has 0 spiro atoms. The van der Waals surface area contributed by atoms with Gasteiger partial charge >= 0.3 is 0 Å². The highest BCUT2D eigenvalue weighted by Crippen LogP contribution is 2.40. The Morgan fingerprint density at radius 2 is 1.66 bits per heavy atom. The van der Waals surface area contributed by atoms with Crippen LogP contribution >= 0.6 is 11.3 Å². The summed E-state index contributed by atoms with van der Waals surface area (Å²) in [6.07, 6.45) is 0. The molecule has 4 rings (SSSR count). The van der Waals surface area contributed by atoms with Gasteiger partial charge in [0.1, 0.15) is 11.5 Å². The molecule has 2 aromatic carbocycles. The number of carbonyl (C=O) groups excluding carboxylic acids is 1. The fourth-order valence-electron chi connectivity index (χ4n) is 3.57. The van der Waals surface area contributed by atoms with Crippen LogP contribution in [0.2, 0.25) is 0 Å². The predicted molar refractivity (Wildman–Crippen MR) is 125 cm³/mol. The lowest BCUT2D eigenvalue weighted by Gasteiger charge is -2.25. The van der Waals surface area contributed by atoms with Gasteiger partial charge in [0, 0.05) is 36.9 Å². The lowest BCUT2D eigenvalue weighted by atomic mass is 10.1. The summed E-state index contributed by atoms with van der Waals surface area (Å²) in [5, 5.41) is 0.627. The van der Waals surface area contributed by atoms with Crippen molar-refractivity contribution in [3.8, 4) is 23.0 Å². The molecule has 32 heavy (non-hydrogen) atoms. The molecule has 8 nitrogen and oxygen atoms in total. The van der Waals surface area contributed by atoms with Crippen molar-refractivity contribution >= 4 is 32.6 Å². The minimum Gasteiger partial charge on any atom is -0.497 e. The largest absolute Gasteiger partial charge is 0.497 e. The van der Waals surface area contributed by atoms with Crippen LogP contribution in [0.5, 0.6) is 23.0 Å². The molecule has 2 heterocycles. The molecule has 0 N–H and O–H groups in total. The number of benzene rings is 2. The second-order valence-corrected chi connectivity index (χ2v) is 8.26. The zero-order chi connectivity index (χ0) is 22.7. The molecule has 3 aromatic rings. The summed E-state index contributed by atoms with van der Waals surface area (Å²) in [6, 6.07) is 8.97. The maximum absolute atomic E-state index is 13.7. The zero-order valence-corrected chi connectivity index (χ0v) is 19.5. The number of nitrogens with zero attached hydrogens (tertiary/aromatic N) is 3. The summed E-state index contributed by atoms with van der Waals surface area (Å²) in [7, 11) is 3.14. The summed E-state index contributed by atoms with van der Waals surface area (Å²) >= 11 is 1.46. The Morgan fingerprint density at radius 3 is 2.28 bits per heavy atom. The highest BCUT2D eigenvalue weighted by Gasteiger charge is 2.24. The summed E-state index contributed by atoms with van der Waals surface area (Å²) in [5.41, 5.74) is 1.26. The number of fused-ring (bicyclic) bond motifs is 2. The number of anilines is 1. The van der Waals surface area contributed by atoms with Crippen molar-refractivity contribution in [1.82, 2.24) is 9.88 Å². The SMILES string of the molecule is CCN(CC)CCN(C(=O)c1cc(OC)cc(OC)c1)c1nc2cc3c(cc2s1)OCO3. The molecule has 0 unspecified atom stereocenters. The predicted octanol–water partition coefficient (Wildman–Crippen LogP) is 4.03. The third-order valence-corrected chi connectivity index (χ3v) is 6.52. The van der Waals surface area contributed by atoms with Crippen molar-refractivity contribution in [1.29, 1.82) is 0 Å². The van der Waals surface area contributed by atoms with Crippen molar-refractivity contribution in [2.24, 2.45) is 0 Å². The number of ether oxygens (including phenoxy) is 4. The molecule has 0 bridgehead atoms. The molecule has 0 saturated carbocycles. The maximum atomic E-state index is 13.7. The maximum Gasteiger partial charge on any atom is 0.260 e. The van der Waals surface area contributed by atoms with Crippen LogP contribution in [0.15, 0.2) is 30.3 Å². The topological polar surface area (TPSA) is 73.4 Å². The Labute approximate surface area is 191 Å². The Balaban J connectivity index is 1.71. The van der Waals surface area contributed by atoms with Crippen LogP contribution in [0.1, 0.15) is 24.2 Å². The number of carbonyl (C=O) groups is 1. The van der Waals surface area contributed by atoms with Crippen molar-refractivity contribution in [2.45, 2.75) is 13.8 Å². The van der Waals surface area contributed by atoms with Crippen LogP contribution in [-0.4, -0.2) is 63.0 Å². The van der Waals surface area contributed by atoms with E-state index in [1.807, 2.05) is 12.1 Å². The second-order valence-electron chi connectivity index (χ2n) is 7.25. The van der Waals surface area contributed by atoms with E-state index in [-0.39, 0.29) is 12.7 Å². The molecule has 1 aromatic heterocycles. The van der Waals surface area contributed by atoms with E-state index in [9.17, 15) is 4.79 Å². The summed E-state index contributed by atoms with van der Waals surface area (Å²) in [6.45, 7) is 7.50. The summed E-state index contributed by atoms with van der Waals surface area (Å²) < 4.78 is 22.6. The van der Waals surface area contributed by atoms with E-state index in [1.165, 1.54) is 11.3 Å². The number of rotatable bonds is 9. The van der Waals surface area contributed by atoms with E-state index in [0.717, 1.165) is 29.9 Å². The van der Waals surface area contributed by atoms with Crippen LogP contribution in [-0.2, 0) is 0 Å². The van der Waals surface area contributed by atoms with Gasteiger partial charge in [-0.2, -0.15) is 0 Å². The van der Waals surface area contributed by atoms with Crippen molar-refractivity contribution in [3.05, 3.63) is 35.9 Å². The molecule has 0 radical (unpaired) electrons. The third-order valence-electron chi connectivity index (χ3n) is 5.48. The monoisotopic (exact) mass is 457 g/mol. The lowest BCUT2D eigenvalue weighted by Crippen LogP contribution is -2.38. The van der Waals surface area contributed by atoms with E-state index in [4.69, 9.17) is 23.9 Å². The Kier molecular flexibility index (Phi) is 6.66. The first-order valence-corrected chi connectivity index (χ1v) is 11.3. The van der Waals surface area contributed by atoms with Crippen molar-refractivity contribution in [3.63, 3.8) is 0 Å². The minimum absolute atomic E-state index is 0.159. The highest BCUT2D eigenvalue weighted by atomic mass is 32.1. The van der Waals surface area contributed by atoms with E-state index < -0.39 is 0 Å². The van der Waals surface area contributed by atoms with E-state index in [1.54, 1.807) is 37.3 Å². The van der Waals surface area contributed by atoms with Gasteiger partial charge in [-0.3, -0.25) is 9.69 Å². The van der Waals surface area contributed by atoms with E-state index >= 15 is 0 Å². The minimum atomic E-state index is -0.159. The van der Waals surface area contributed by atoms with Gasteiger partial charge in [0.15, 0.2) is 16.6 Å². The van der Waals surface area contributed by atoms with Gasteiger partial charge in [-0.15, -0.1) is 0 Å². The van der Waals surface area contributed by atoms with Crippen LogP contribution in [0.25, 0.3) is 10.2 Å². The average molecular weight is 458 g/mol. The molecule has 9 heteroatoms. The van der Waals surface area contributed by atoms with Gasteiger partial charge < -0.3 is 23.8 Å². The Bertz CT molecular complexity index is 1050. The van der Waals surface area contributed by atoms with Crippen molar-refractivity contribution < 1.29 is 23.7 Å². The fourth-order valence-corrected chi connectivity index (χ4v) is 4.57. The van der Waals surface area contributed by atoms with E-state index in [0.29, 0.717) is 40.2 Å². The standard InChI is InChI=1S/C23H27N3O5S/c1-5-25(6-2)7-8-26(22(27)15-9-16(28-3)11-17(10-15)29-4)23-24-18-12-19-20(31-14-30-19)13-21(18)32-23/h9-13H,5-8,14H2,1-4H3. The first-order valence-electron chi connectivity index (χ1n) is 10.5. The van der Waals surface area contributed by atoms with Crippen LogP contribution in [0.4, 0.5) is 5.13 Å². The van der Waals surface area contributed by atoms with Gasteiger partial charge in [0.25, 0.3) is 5.91 Å². The number of methoxy groups -OCH3 is 2. The molecule has 0 aliphatic carbocycles. The molecule has 1 aliphatic heterocycles. The first kappa shape index (κ1) is 22.2. The quantitative estimate of drug-likeness (QED) is 0.480. The highest BCUT2D eigenvalue weighted by molar-refractivity contribution is 7.22. The van der Waals surface area contributed by atoms with Gasteiger partial charge in [0.05, 0.1) is 24.4 Å². The normalized spacial score (nSPS) is 12.4. The number of hydrogen-bond donors (Lipinski definition) is 0. The van der Waals surface area contributed by atoms with Gasteiger partial charge in [-0.1, -0.05) is 25.2 Å². The fraction of sp³-hybridized carbons (Fsp3) is 0.391. The van der Waals surface area contributed by atoms with Gasteiger partial charge in [-0.05, 0) is 25.2 Å². The molecule has 0 atom stereocenters. The number of aromatic nitrogens is 1. The van der Waals surface area contributed by atoms with Crippen molar-refractivity contribution in [2.75, 3.05) is 52.1 Å². The smallest absolute Gasteiger partial charge is 0.260 e. The molecule has 1 aliphatic rings. The zero-order valence-electron chi connectivity index (χ0n) is 18.7. The van der Waals surface area contributed by atoms with Crippen LogP contribution < -0.4 is 23.8 Å². The average Bonchev–Trinajstić information content (AvgIpc) is 3.45. The Morgan fingerprint density at radius 1 is 1.00 bits per heavy atom. The van der Waals surface area contributed by atoms with E-state index in [2.05, 4.69) is 18.7 Å². The molecule has 0 fully saturated rings. The van der Waals surface area contributed by atoms with Crippen LogP contribution in [0, 0.1) is 0 Å². The number of amides is 1. The Hall–Kier alpha value is -3.04. The first-order chi connectivity index (χ1) is 15.6. The molecule has 170 valence electrons. The molecular weight excluding hydrogens is 430 g/mol. The van der Waals surface area contributed by atoms with Gasteiger partial charge in [-0.25, -0.2) is 4.98 Å². The summed E-state index contributed by atoms with van der Waals surface area (Å²) in [5.74, 6) is 2.34. The van der Waals surface area contributed by atoms with Gasteiger partial charge in [0.2, 0.25) is 6.79 Å². The lowest BCUT2D eigenvalue weighted by molar-refractivity contribution is 0.0983. The number of hydrogen-bond acceptors (Lipinski definition) is 8. The molecule has 1 amide bonds. The van der Waals surface area contributed by atoms with Crippen LogP contribution in [0.3, 0.4) is 0 Å². The number of thiazole rings is 1. The second kappa shape index (κ2) is 9.62.